The van der Waals surface area contributed by atoms with E-state index in [4.69, 9.17) is 11.6 Å². The van der Waals surface area contributed by atoms with Gasteiger partial charge in [-0.1, -0.05) is 0 Å². The molecular formula is C11H19ClN2OS. The number of alkyl halides is 1. The van der Waals surface area contributed by atoms with E-state index >= 15 is 0 Å². The van der Waals surface area contributed by atoms with Crippen molar-refractivity contribution in [3.05, 3.63) is 0 Å². The summed E-state index contributed by atoms with van der Waals surface area (Å²) in [5.74, 6) is 2.64. The summed E-state index contributed by atoms with van der Waals surface area (Å²) in [5, 5.41) is -0.381. The third-order valence-corrected chi connectivity index (χ3v) is 4.72. The van der Waals surface area contributed by atoms with Crippen LogP contribution in [0, 0.1) is 0 Å². The number of nitrogens with zero attached hydrogens (tertiary/aromatic N) is 2. The van der Waals surface area contributed by atoms with Crippen LogP contribution in [-0.4, -0.2) is 64.8 Å². The highest BCUT2D eigenvalue weighted by Gasteiger charge is 2.28. The molecule has 2 heterocycles. The predicted molar refractivity (Wildman–Crippen MR) is 69.2 cm³/mol. The topological polar surface area (TPSA) is 23.6 Å². The van der Waals surface area contributed by atoms with E-state index in [1.165, 1.54) is 17.9 Å². The van der Waals surface area contributed by atoms with Crippen LogP contribution in [-0.2, 0) is 4.79 Å². The molecule has 2 saturated heterocycles. The molecule has 0 aromatic rings. The SMILES string of the molecule is CC(Cl)C(=O)N1CCN(C2CCSC2)CC1. The average Bonchev–Trinajstić information content (AvgIpc) is 2.81. The van der Waals surface area contributed by atoms with Crippen LogP contribution < -0.4 is 0 Å². The second-order valence-corrected chi connectivity index (χ2v) is 6.30. The number of piperazine rings is 1. The molecule has 1 amide bonds. The van der Waals surface area contributed by atoms with Gasteiger partial charge in [-0.05, 0) is 19.1 Å². The number of amides is 1. The van der Waals surface area contributed by atoms with Crippen molar-refractivity contribution in [3.8, 4) is 0 Å². The lowest BCUT2D eigenvalue weighted by molar-refractivity contribution is -0.132. The quantitative estimate of drug-likeness (QED) is 0.700. The fourth-order valence-corrected chi connectivity index (χ4v) is 3.76. The average molecular weight is 263 g/mol. The van der Waals surface area contributed by atoms with Crippen molar-refractivity contribution < 1.29 is 4.79 Å². The molecule has 2 fully saturated rings. The zero-order valence-electron chi connectivity index (χ0n) is 9.69. The third-order valence-electron chi connectivity index (χ3n) is 3.39. The lowest BCUT2D eigenvalue weighted by Crippen LogP contribution is -2.53. The Morgan fingerprint density at radius 2 is 2.06 bits per heavy atom. The first kappa shape index (κ1) is 12.5. The zero-order valence-corrected chi connectivity index (χ0v) is 11.3. The number of hydrogen-bond acceptors (Lipinski definition) is 3. The number of thioether (sulfide) groups is 1. The van der Waals surface area contributed by atoms with Gasteiger partial charge in [-0.25, -0.2) is 0 Å². The molecule has 2 aliphatic rings. The molecule has 0 aromatic heterocycles. The van der Waals surface area contributed by atoms with Gasteiger partial charge in [-0.15, -0.1) is 11.6 Å². The summed E-state index contributed by atoms with van der Waals surface area (Å²) >= 11 is 7.86. The van der Waals surface area contributed by atoms with E-state index in [1.807, 2.05) is 16.7 Å². The van der Waals surface area contributed by atoms with Crippen LogP contribution >= 0.6 is 23.4 Å². The first-order chi connectivity index (χ1) is 7.68. The van der Waals surface area contributed by atoms with Crippen LogP contribution in [0.1, 0.15) is 13.3 Å². The van der Waals surface area contributed by atoms with Crippen LogP contribution in [0.3, 0.4) is 0 Å². The van der Waals surface area contributed by atoms with E-state index in [9.17, 15) is 4.79 Å². The molecule has 2 unspecified atom stereocenters. The number of halogens is 1. The Morgan fingerprint density at radius 3 is 2.56 bits per heavy atom. The van der Waals surface area contributed by atoms with Gasteiger partial charge in [-0.3, -0.25) is 9.69 Å². The molecule has 0 aliphatic carbocycles. The monoisotopic (exact) mass is 262 g/mol. The lowest BCUT2D eigenvalue weighted by atomic mass is 10.2. The van der Waals surface area contributed by atoms with Crippen molar-refractivity contribution in [1.29, 1.82) is 0 Å². The standard InChI is InChI=1S/C11H19ClN2OS/c1-9(12)11(15)14-5-3-13(4-6-14)10-2-7-16-8-10/h9-10H,2-8H2,1H3. The minimum Gasteiger partial charge on any atom is -0.339 e. The molecule has 0 saturated carbocycles. The Morgan fingerprint density at radius 1 is 1.38 bits per heavy atom. The summed E-state index contributed by atoms with van der Waals surface area (Å²) < 4.78 is 0. The van der Waals surface area contributed by atoms with E-state index in [2.05, 4.69) is 4.90 Å². The molecule has 0 bridgehead atoms. The summed E-state index contributed by atoms with van der Waals surface area (Å²) in [6.45, 7) is 5.47. The number of hydrogen-bond donors (Lipinski definition) is 0. The first-order valence-corrected chi connectivity index (χ1v) is 7.52. The Kier molecular flexibility index (Phi) is 4.39. The molecule has 0 aromatic carbocycles. The molecular weight excluding hydrogens is 244 g/mol. The Bertz CT molecular complexity index is 248. The van der Waals surface area contributed by atoms with Crippen molar-refractivity contribution in [3.63, 3.8) is 0 Å². The molecule has 2 rings (SSSR count). The molecule has 5 heteroatoms. The summed E-state index contributed by atoms with van der Waals surface area (Å²) in [5.41, 5.74) is 0. The molecule has 0 radical (unpaired) electrons. The van der Waals surface area contributed by atoms with Gasteiger partial charge in [0, 0.05) is 38.0 Å². The van der Waals surface area contributed by atoms with Crippen molar-refractivity contribution in [2.45, 2.75) is 24.8 Å². The maximum atomic E-state index is 11.7. The molecule has 0 N–H and O–H groups in total. The predicted octanol–water partition coefficient (Wildman–Crippen LogP) is 1.26. The maximum Gasteiger partial charge on any atom is 0.240 e. The lowest BCUT2D eigenvalue weighted by Gasteiger charge is -2.38. The highest BCUT2D eigenvalue weighted by Crippen LogP contribution is 2.23. The van der Waals surface area contributed by atoms with E-state index in [1.54, 1.807) is 6.92 Å². The highest BCUT2D eigenvalue weighted by molar-refractivity contribution is 7.99. The molecule has 2 aliphatic heterocycles. The van der Waals surface area contributed by atoms with Gasteiger partial charge in [0.2, 0.25) is 5.91 Å². The smallest absolute Gasteiger partial charge is 0.240 e. The second kappa shape index (κ2) is 5.61. The van der Waals surface area contributed by atoms with Crippen LogP contribution in [0.25, 0.3) is 0 Å². The van der Waals surface area contributed by atoms with Gasteiger partial charge in [0.1, 0.15) is 5.38 Å². The molecule has 3 nitrogen and oxygen atoms in total. The zero-order chi connectivity index (χ0) is 11.5. The summed E-state index contributed by atoms with van der Waals surface area (Å²) in [7, 11) is 0. The van der Waals surface area contributed by atoms with Crippen LogP contribution in [0.15, 0.2) is 0 Å². The second-order valence-electron chi connectivity index (χ2n) is 4.49. The number of rotatable bonds is 2. The fraction of sp³-hybridized carbons (Fsp3) is 0.909. The van der Waals surface area contributed by atoms with Crippen LogP contribution in [0.2, 0.25) is 0 Å². The maximum absolute atomic E-state index is 11.7. The van der Waals surface area contributed by atoms with E-state index < -0.39 is 0 Å². The van der Waals surface area contributed by atoms with Gasteiger partial charge in [0.15, 0.2) is 0 Å². The minimum atomic E-state index is -0.381. The largest absolute Gasteiger partial charge is 0.339 e. The number of carbonyl (C=O) groups excluding carboxylic acids is 1. The van der Waals surface area contributed by atoms with E-state index in [-0.39, 0.29) is 11.3 Å². The van der Waals surface area contributed by atoms with Gasteiger partial charge in [0.05, 0.1) is 0 Å². The Labute approximate surface area is 106 Å². The first-order valence-electron chi connectivity index (χ1n) is 5.93. The Hall–Kier alpha value is 0.0700. The summed E-state index contributed by atoms with van der Waals surface area (Å²) in [6, 6.07) is 0.746. The van der Waals surface area contributed by atoms with Gasteiger partial charge in [0.25, 0.3) is 0 Å². The van der Waals surface area contributed by atoms with Crippen molar-refractivity contribution >= 4 is 29.3 Å². The third kappa shape index (κ3) is 2.84. The highest BCUT2D eigenvalue weighted by atomic mass is 35.5. The normalized spacial score (nSPS) is 29.4. The summed E-state index contributed by atoms with van der Waals surface area (Å²) in [4.78, 5) is 16.1. The fourth-order valence-electron chi connectivity index (χ4n) is 2.37. The number of carbonyl (C=O) groups is 1. The van der Waals surface area contributed by atoms with Crippen molar-refractivity contribution in [2.75, 3.05) is 37.7 Å². The van der Waals surface area contributed by atoms with E-state index in [0.29, 0.717) is 0 Å². The Balaban J connectivity index is 1.80. The summed E-state index contributed by atoms with van der Waals surface area (Å²) in [6.07, 6.45) is 1.31. The van der Waals surface area contributed by atoms with Gasteiger partial charge < -0.3 is 4.90 Å². The molecule has 92 valence electrons. The molecule has 0 spiro atoms. The molecule has 2 atom stereocenters. The van der Waals surface area contributed by atoms with Crippen molar-refractivity contribution in [2.24, 2.45) is 0 Å². The molecule has 16 heavy (non-hydrogen) atoms. The van der Waals surface area contributed by atoms with Crippen LogP contribution in [0.4, 0.5) is 0 Å². The van der Waals surface area contributed by atoms with Gasteiger partial charge >= 0.3 is 0 Å². The van der Waals surface area contributed by atoms with Crippen molar-refractivity contribution in [1.82, 2.24) is 9.80 Å². The van der Waals surface area contributed by atoms with Gasteiger partial charge in [-0.2, -0.15) is 11.8 Å². The minimum absolute atomic E-state index is 0.0853. The van der Waals surface area contributed by atoms with E-state index in [0.717, 1.165) is 32.2 Å². The van der Waals surface area contributed by atoms with Crippen LogP contribution in [0.5, 0.6) is 0 Å².